The van der Waals surface area contributed by atoms with E-state index in [0.717, 1.165) is 26.1 Å². The van der Waals surface area contributed by atoms with Crippen LogP contribution < -0.4 is 0 Å². The summed E-state index contributed by atoms with van der Waals surface area (Å²) in [5.41, 5.74) is 0.451. The summed E-state index contributed by atoms with van der Waals surface area (Å²) in [6.45, 7) is 5.89. The van der Waals surface area contributed by atoms with Gasteiger partial charge in [0.25, 0.3) is 0 Å². The number of halogens is 1. The average molecular weight is 282 g/mol. The van der Waals surface area contributed by atoms with E-state index in [1.54, 1.807) is 24.3 Å². The Bertz CT molecular complexity index is 436. The van der Waals surface area contributed by atoms with Crippen LogP contribution in [0.25, 0.3) is 0 Å². The molecule has 0 saturated carbocycles. The maximum Gasteiger partial charge on any atom is 0.339 e. The van der Waals surface area contributed by atoms with Gasteiger partial charge in [-0.2, -0.15) is 0 Å². The summed E-state index contributed by atoms with van der Waals surface area (Å²) < 4.78 is 5.39. The number of carbonyl (C=O) groups is 1. The fourth-order valence-electron chi connectivity index (χ4n) is 2.47. The molecule has 0 amide bonds. The lowest BCUT2D eigenvalue weighted by atomic mass is 9.99. The van der Waals surface area contributed by atoms with Crippen molar-refractivity contribution in [1.82, 2.24) is 4.90 Å². The molecule has 2 rings (SSSR count). The van der Waals surface area contributed by atoms with Gasteiger partial charge in [0.15, 0.2) is 0 Å². The number of carbonyl (C=O) groups excluding carboxylic acids is 1. The van der Waals surface area contributed by atoms with E-state index in [2.05, 4.69) is 11.8 Å². The molecule has 104 valence electrons. The zero-order chi connectivity index (χ0) is 13.7. The zero-order valence-corrected chi connectivity index (χ0v) is 12.0. The summed E-state index contributed by atoms with van der Waals surface area (Å²) >= 11 is 5.98. The molecule has 0 aliphatic carbocycles. The molecule has 3 nitrogen and oxygen atoms in total. The number of benzene rings is 1. The Balaban J connectivity index is 1.85. The maximum absolute atomic E-state index is 11.9. The number of esters is 1. The summed E-state index contributed by atoms with van der Waals surface area (Å²) in [5.74, 6) is 0.124. The van der Waals surface area contributed by atoms with Gasteiger partial charge in [-0.15, -0.1) is 0 Å². The van der Waals surface area contributed by atoms with Gasteiger partial charge >= 0.3 is 5.97 Å². The zero-order valence-electron chi connectivity index (χ0n) is 11.3. The van der Waals surface area contributed by atoms with Crippen molar-refractivity contribution in [3.05, 3.63) is 34.9 Å². The number of piperidine rings is 1. The Morgan fingerprint density at radius 1 is 1.47 bits per heavy atom. The fraction of sp³-hybridized carbons (Fsp3) is 0.533. The number of ether oxygens (including phenoxy) is 1. The Morgan fingerprint density at radius 3 is 3.00 bits per heavy atom. The van der Waals surface area contributed by atoms with Crippen molar-refractivity contribution in [3.8, 4) is 0 Å². The monoisotopic (exact) mass is 281 g/mol. The Kier molecular flexibility index (Phi) is 5.23. The average Bonchev–Trinajstić information content (AvgIpc) is 2.45. The van der Waals surface area contributed by atoms with Gasteiger partial charge in [0.1, 0.15) is 0 Å². The van der Waals surface area contributed by atoms with Gasteiger partial charge in [0.2, 0.25) is 0 Å². The lowest BCUT2D eigenvalue weighted by molar-refractivity contribution is 0.0358. The first-order valence-electron chi connectivity index (χ1n) is 6.84. The Hall–Kier alpha value is -1.06. The van der Waals surface area contributed by atoms with E-state index in [1.165, 1.54) is 6.42 Å². The van der Waals surface area contributed by atoms with Crippen LogP contribution >= 0.6 is 11.6 Å². The largest absolute Gasteiger partial charge is 0.462 e. The van der Waals surface area contributed by atoms with Gasteiger partial charge in [-0.05, 0) is 38.1 Å². The van der Waals surface area contributed by atoms with Crippen LogP contribution in [0, 0.1) is 5.92 Å². The van der Waals surface area contributed by atoms with Crippen molar-refractivity contribution in [2.45, 2.75) is 19.8 Å². The summed E-state index contributed by atoms with van der Waals surface area (Å²) in [6.07, 6.45) is 2.31. The molecule has 1 atom stereocenters. The molecule has 0 radical (unpaired) electrons. The van der Waals surface area contributed by atoms with Crippen LogP contribution in [0.3, 0.4) is 0 Å². The molecule has 1 aliphatic heterocycles. The van der Waals surface area contributed by atoms with Crippen molar-refractivity contribution < 1.29 is 9.53 Å². The predicted octanol–water partition coefficient (Wildman–Crippen LogP) is 3.23. The second-order valence-corrected chi connectivity index (χ2v) is 5.39. The smallest absolute Gasteiger partial charge is 0.339 e. The van der Waals surface area contributed by atoms with E-state index in [-0.39, 0.29) is 5.97 Å². The number of nitrogens with zero attached hydrogens (tertiary/aromatic N) is 1. The molecule has 1 aliphatic rings. The third-order valence-electron chi connectivity index (χ3n) is 3.59. The normalized spacial score (nSPS) is 20.2. The molecular weight excluding hydrogens is 262 g/mol. The van der Waals surface area contributed by atoms with Crippen LogP contribution in [-0.4, -0.2) is 37.1 Å². The first-order chi connectivity index (χ1) is 9.20. The standard InChI is InChI=1S/C15H20ClNO2/c1-2-17-9-5-6-12(10-17)11-19-15(18)13-7-3-4-8-14(13)16/h3-4,7-8,12H,2,5-6,9-11H2,1H3. The van der Waals surface area contributed by atoms with E-state index in [4.69, 9.17) is 16.3 Å². The fourth-order valence-corrected chi connectivity index (χ4v) is 2.69. The maximum atomic E-state index is 11.9. The predicted molar refractivity (Wildman–Crippen MR) is 76.6 cm³/mol. The highest BCUT2D eigenvalue weighted by atomic mass is 35.5. The van der Waals surface area contributed by atoms with Crippen LogP contribution in [0.4, 0.5) is 0 Å². The topological polar surface area (TPSA) is 29.5 Å². The highest BCUT2D eigenvalue weighted by molar-refractivity contribution is 6.33. The van der Waals surface area contributed by atoms with Crippen molar-refractivity contribution in [3.63, 3.8) is 0 Å². The van der Waals surface area contributed by atoms with Crippen LogP contribution in [-0.2, 0) is 4.74 Å². The SMILES string of the molecule is CCN1CCCC(COC(=O)c2ccccc2Cl)C1. The highest BCUT2D eigenvalue weighted by Crippen LogP contribution is 2.19. The quantitative estimate of drug-likeness (QED) is 0.794. The van der Waals surface area contributed by atoms with Crippen molar-refractivity contribution in [1.29, 1.82) is 0 Å². The minimum Gasteiger partial charge on any atom is -0.462 e. The second kappa shape index (κ2) is 6.92. The van der Waals surface area contributed by atoms with E-state index in [1.807, 2.05) is 0 Å². The molecule has 1 heterocycles. The van der Waals surface area contributed by atoms with E-state index in [0.29, 0.717) is 23.1 Å². The Morgan fingerprint density at radius 2 is 2.26 bits per heavy atom. The van der Waals surface area contributed by atoms with Gasteiger partial charge in [-0.1, -0.05) is 30.7 Å². The van der Waals surface area contributed by atoms with Crippen LogP contribution in [0.2, 0.25) is 5.02 Å². The van der Waals surface area contributed by atoms with Crippen molar-refractivity contribution >= 4 is 17.6 Å². The highest BCUT2D eigenvalue weighted by Gasteiger charge is 2.21. The first-order valence-corrected chi connectivity index (χ1v) is 7.22. The van der Waals surface area contributed by atoms with Crippen LogP contribution in [0.15, 0.2) is 24.3 Å². The van der Waals surface area contributed by atoms with Crippen LogP contribution in [0.1, 0.15) is 30.1 Å². The summed E-state index contributed by atoms with van der Waals surface area (Å²) in [5, 5.41) is 0.450. The molecule has 1 aromatic carbocycles. The molecule has 1 unspecified atom stereocenters. The van der Waals surface area contributed by atoms with Crippen molar-refractivity contribution in [2.24, 2.45) is 5.92 Å². The molecule has 4 heteroatoms. The number of hydrogen-bond acceptors (Lipinski definition) is 3. The molecule has 1 aromatic rings. The van der Waals surface area contributed by atoms with E-state index in [9.17, 15) is 4.79 Å². The number of hydrogen-bond donors (Lipinski definition) is 0. The lowest BCUT2D eigenvalue weighted by Gasteiger charge is -2.31. The molecular formula is C15H20ClNO2. The molecule has 0 spiro atoms. The molecule has 0 bridgehead atoms. The van der Waals surface area contributed by atoms with Gasteiger partial charge in [0, 0.05) is 12.5 Å². The minimum absolute atomic E-state index is 0.320. The third-order valence-corrected chi connectivity index (χ3v) is 3.92. The van der Waals surface area contributed by atoms with Gasteiger partial charge in [-0.3, -0.25) is 0 Å². The lowest BCUT2D eigenvalue weighted by Crippen LogP contribution is -2.37. The summed E-state index contributed by atoms with van der Waals surface area (Å²) in [6, 6.07) is 7.00. The van der Waals surface area contributed by atoms with E-state index < -0.39 is 0 Å². The molecule has 1 fully saturated rings. The van der Waals surface area contributed by atoms with Gasteiger partial charge < -0.3 is 9.64 Å². The second-order valence-electron chi connectivity index (χ2n) is 4.98. The van der Waals surface area contributed by atoms with Gasteiger partial charge in [-0.25, -0.2) is 4.79 Å². The molecule has 0 aromatic heterocycles. The van der Waals surface area contributed by atoms with E-state index >= 15 is 0 Å². The number of likely N-dealkylation sites (tertiary alicyclic amines) is 1. The minimum atomic E-state index is -0.320. The summed E-state index contributed by atoms with van der Waals surface area (Å²) in [4.78, 5) is 14.3. The van der Waals surface area contributed by atoms with Gasteiger partial charge in [0.05, 0.1) is 17.2 Å². The first kappa shape index (κ1) is 14.4. The van der Waals surface area contributed by atoms with Crippen molar-refractivity contribution in [2.75, 3.05) is 26.2 Å². The van der Waals surface area contributed by atoms with Crippen LogP contribution in [0.5, 0.6) is 0 Å². The summed E-state index contributed by atoms with van der Waals surface area (Å²) in [7, 11) is 0. The third kappa shape index (κ3) is 3.95. The molecule has 0 N–H and O–H groups in total. The number of rotatable bonds is 4. The Labute approximate surface area is 119 Å². The molecule has 1 saturated heterocycles. The molecule has 19 heavy (non-hydrogen) atoms.